The smallest absolute Gasteiger partial charge is 0.275 e. The van der Waals surface area contributed by atoms with Gasteiger partial charge in [0.1, 0.15) is 6.33 Å². The third kappa shape index (κ3) is 1.91. The molecule has 0 atom stereocenters. The molecule has 21 heavy (non-hydrogen) atoms. The van der Waals surface area contributed by atoms with Crippen molar-refractivity contribution >= 4 is 34.7 Å². The number of benzene rings is 1. The number of hydrogen-bond acceptors (Lipinski definition) is 5. The molecule has 0 radical (unpaired) electrons. The highest BCUT2D eigenvalue weighted by Crippen LogP contribution is 2.16. The van der Waals surface area contributed by atoms with Gasteiger partial charge < -0.3 is 4.98 Å². The summed E-state index contributed by atoms with van der Waals surface area (Å²) in [5.74, 6) is 0.593. The Morgan fingerprint density at radius 2 is 2.19 bits per heavy atom. The van der Waals surface area contributed by atoms with Gasteiger partial charge in [0.25, 0.3) is 5.78 Å². The fraction of sp³-hybridized carbons (Fsp3) is 0.0769. The molecule has 4 rings (SSSR count). The summed E-state index contributed by atoms with van der Waals surface area (Å²) in [7, 11) is 0. The molecule has 1 N–H and O–H groups in total. The van der Waals surface area contributed by atoms with E-state index in [4.69, 9.17) is 0 Å². The molecule has 0 saturated carbocycles. The monoisotopic (exact) mass is 297 g/mol. The van der Waals surface area contributed by atoms with E-state index in [-0.39, 0.29) is 0 Å². The predicted molar refractivity (Wildman–Crippen MR) is 81.8 cm³/mol. The number of nitrogens with zero attached hydrogens (tertiary/aromatic N) is 6. The Hall–Kier alpha value is -2.61. The van der Waals surface area contributed by atoms with Crippen LogP contribution in [-0.2, 0) is 0 Å². The molecule has 0 unspecified atom stereocenters. The van der Waals surface area contributed by atoms with Gasteiger partial charge in [-0.1, -0.05) is 30.0 Å². The van der Waals surface area contributed by atoms with Crippen LogP contribution in [0, 0.1) is 0 Å². The van der Waals surface area contributed by atoms with Gasteiger partial charge in [0.15, 0.2) is 0 Å². The first-order valence-electron chi connectivity index (χ1n) is 6.30. The van der Waals surface area contributed by atoms with Gasteiger partial charge in [0, 0.05) is 22.7 Å². The minimum atomic E-state index is 0.593. The zero-order valence-electron chi connectivity index (χ0n) is 11.1. The summed E-state index contributed by atoms with van der Waals surface area (Å²) < 4.78 is 3.27. The lowest BCUT2D eigenvalue weighted by atomic mass is 10.2. The topological polar surface area (TPSA) is 76.2 Å². The first-order valence-corrected chi connectivity index (χ1v) is 7.52. The number of thioether (sulfide) groups is 1. The van der Waals surface area contributed by atoms with Crippen LogP contribution in [0.15, 0.2) is 47.0 Å². The lowest BCUT2D eigenvalue weighted by Crippen LogP contribution is -1.90. The van der Waals surface area contributed by atoms with Crippen molar-refractivity contribution in [3.8, 4) is 0 Å². The normalized spacial score (nSPS) is 12.0. The van der Waals surface area contributed by atoms with Gasteiger partial charge in [-0.15, -0.1) is 10.2 Å². The molecule has 0 bridgehead atoms. The van der Waals surface area contributed by atoms with Gasteiger partial charge in [-0.2, -0.15) is 19.4 Å². The van der Waals surface area contributed by atoms with Crippen molar-refractivity contribution in [2.75, 3.05) is 6.26 Å². The Bertz CT molecular complexity index is 946. The van der Waals surface area contributed by atoms with Crippen LogP contribution in [0.1, 0.15) is 5.56 Å². The van der Waals surface area contributed by atoms with Crippen LogP contribution in [-0.4, -0.2) is 41.9 Å². The number of aromatic amines is 1. The molecule has 0 spiro atoms. The molecule has 7 nitrogen and oxygen atoms in total. The lowest BCUT2D eigenvalue weighted by molar-refractivity contribution is 0.817. The standard InChI is InChI=1S/C13H11N7S/c1-21-13-18-17-12-19(8-16-20(12)13)15-7-9-6-14-11-5-3-2-4-10(9)11/h2-8,14H,1H3/b15-7+. The van der Waals surface area contributed by atoms with Gasteiger partial charge in [0.2, 0.25) is 5.16 Å². The van der Waals surface area contributed by atoms with E-state index in [1.165, 1.54) is 11.8 Å². The largest absolute Gasteiger partial charge is 0.361 e. The Morgan fingerprint density at radius 1 is 1.29 bits per heavy atom. The van der Waals surface area contributed by atoms with Crippen LogP contribution in [0.5, 0.6) is 0 Å². The predicted octanol–water partition coefficient (Wildman–Crippen LogP) is 2.01. The second-order valence-electron chi connectivity index (χ2n) is 4.41. The first-order chi connectivity index (χ1) is 10.4. The molecule has 0 amide bonds. The summed E-state index contributed by atoms with van der Waals surface area (Å²) in [5, 5.41) is 18.6. The molecule has 0 aliphatic heterocycles. The van der Waals surface area contributed by atoms with Crippen LogP contribution in [0.4, 0.5) is 0 Å². The molecule has 104 valence electrons. The summed E-state index contributed by atoms with van der Waals surface area (Å²) in [6, 6.07) is 8.09. The quantitative estimate of drug-likeness (QED) is 0.463. The van der Waals surface area contributed by atoms with Crippen molar-refractivity contribution in [3.63, 3.8) is 0 Å². The molecular weight excluding hydrogens is 286 g/mol. The fourth-order valence-electron chi connectivity index (χ4n) is 2.19. The van der Waals surface area contributed by atoms with E-state index in [9.17, 15) is 0 Å². The van der Waals surface area contributed by atoms with Gasteiger partial charge in [-0.3, -0.25) is 0 Å². The highest BCUT2D eigenvalue weighted by molar-refractivity contribution is 7.98. The van der Waals surface area contributed by atoms with Crippen LogP contribution >= 0.6 is 11.8 Å². The number of hydrogen-bond donors (Lipinski definition) is 1. The molecule has 0 aliphatic carbocycles. The molecule has 4 aromatic rings. The number of rotatable bonds is 3. The zero-order valence-corrected chi connectivity index (χ0v) is 11.9. The zero-order chi connectivity index (χ0) is 14.2. The molecule has 8 heteroatoms. The van der Waals surface area contributed by atoms with Crippen molar-refractivity contribution in [3.05, 3.63) is 42.4 Å². The number of H-pyrrole nitrogens is 1. The molecule has 0 fully saturated rings. The van der Waals surface area contributed by atoms with E-state index in [1.807, 2.05) is 30.7 Å². The second-order valence-corrected chi connectivity index (χ2v) is 5.18. The molecule has 0 aliphatic rings. The summed E-state index contributed by atoms with van der Waals surface area (Å²) >= 11 is 1.49. The molecule has 3 heterocycles. The summed E-state index contributed by atoms with van der Waals surface area (Å²) in [4.78, 5) is 3.22. The SMILES string of the molecule is CSc1nnc2n(/N=C/c3c[nH]c4ccccc34)cnn12. The minimum absolute atomic E-state index is 0.593. The maximum atomic E-state index is 4.41. The average Bonchev–Trinajstić information content (AvgIpc) is 3.20. The second kappa shape index (κ2) is 4.74. The first kappa shape index (κ1) is 12.2. The highest BCUT2D eigenvalue weighted by atomic mass is 32.2. The van der Waals surface area contributed by atoms with Crippen LogP contribution in [0.3, 0.4) is 0 Å². The summed E-state index contributed by atoms with van der Waals surface area (Å²) in [6.07, 6.45) is 7.27. The van der Waals surface area contributed by atoms with Gasteiger partial charge >= 0.3 is 0 Å². The average molecular weight is 297 g/mol. The van der Waals surface area contributed by atoms with E-state index in [0.717, 1.165) is 21.6 Å². The molecular formula is C13H11N7S. The Kier molecular flexibility index (Phi) is 2.74. The minimum Gasteiger partial charge on any atom is -0.361 e. The van der Waals surface area contributed by atoms with E-state index in [1.54, 1.807) is 21.7 Å². The van der Waals surface area contributed by atoms with E-state index < -0.39 is 0 Å². The lowest BCUT2D eigenvalue weighted by Gasteiger charge is -1.92. The van der Waals surface area contributed by atoms with Crippen molar-refractivity contribution in [1.82, 2.24) is 29.5 Å². The van der Waals surface area contributed by atoms with E-state index >= 15 is 0 Å². The number of para-hydroxylation sites is 1. The Balaban J connectivity index is 1.75. The maximum absolute atomic E-state index is 4.41. The van der Waals surface area contributed by atoms with Crippen LogP contribution in [0.25, 0.3) is 16.7 Å². The number of nitrogens with one attached hydrogen (secondary N) is 1. The van der Waals surface area contributed by atoms with Crippen molar-refractivity contribution in [2.24, 2.45) is 5.10 Å². The number of fused-ring (bicyclic) bond motifs is 2. The molecule has 1 aromatic carbocycles. The van der Waals surface area contributed by atoms with Crippen LogP contribution in [0.2, 0.25) is 0 Å². The van der Waals surface area contributed by atoms with Gasteiger partial charge in [0.05, 0.1) is 6.21 Å². The van der Waals surface area contributed by atoms with E-state index in [0.29, 0.717) is 5.78 Å². The van der Waals surface area contributed by atoms with Crippen LogP contribution < -0.4 is 0 Å². The highest BCUT2D eigenvalue weighted by Gasteiger charge is 2.09. The van der Waals surface area contributed by atoms with E-state index in [2.05, 4.69) is 31.4 Å². The van der Waals surface area contributed by atoms with Crippen molar-refractivity contribution in [1.29, 1.82) is 0 Å². The summed E-state index contributed by atoms with van der Waals surface area (Å²) in [5.41, 5.74) is 2.10. The molecule has 3 aromatic heterocycles. The van der Waals surface area contributed by atoms with Crippen molar-refractivity contribution < 1.29 is 0 Å². The third-order valence-electron chi connectivity index (χ3n) is 3.20. The summed E-state index contributed by atoms with van der Waals surface area (Å²) in [6.45, 7) is 0. The van der Waals surface area contributed by atoms with Crippen molar-refractivity contribution in [2.45, 2.75) is 5.16 Å². The number of aromatic nitrogens is 6. The Morgan fingerprint density at radius 3 is 3.10 bits per heavy atom. The third-order valence-corrected chi connectivity index (χ3v) is 3.82. The molecule has 0 saturated heterocycles. The fourth-order valence-corrected chi connectivity index (χ4v) is 2.61. The van der Waals surface area contributed by atoms with Gasteiger partial charge in [-0.05, 0) is 12.3 Å². The Labute approximate surface area is 123 Å². The maximum Gasteiger partial charge on any atom is 0.275 e. The van der Waals surface area contributed by atoms with Gasteiger partial charge in [-0.25, -0.2) is 0 Å².